The van der Waals surface area contributed by atoms with Gasteiger partial charge in [-0.3, -0.25) is 14.0 Å². The van der Waals surface area contributed by atoms with Gasteiger partial charge in [-0.05, 0) is 45.3 Å². The zero-order chi connectivity index (χ0) is 18.1. The van der Waals surface area contributed by atoms with Gasteiger partial charge in [0, 0.05) is 18.8 Å². The summed E-state index contributed by atoms with van der Waals surface area (Å²) in [4.78, 5) is 32.1. The zero-order valence-corrected chi connectivity index (χ0v) is 16.2. The number of rotatable bonds is 4. The van der Waals surface area contributed by atoms with Gasteiger partial charge in [-0.1, -0.05) is 30.6 Å². The van der Waals surface area contributed by atoms with Gasteiger partial charge in [-0.2, -0.15) is 0 Å². The maximum absolute atomic E-state index is 13.0. The predicted octanol–water partition coefficient (Wildman–Crippen LogP) is 4.02. The highest BCUT2D eigenvalue weighted by Crippen LogP contribution is 2.30. The molecule has 0 bridgehead atoms. The summed E-state index contributed by atoms with van der Waals surface area (Å²) in [7, 11) is 1.92. The molecule has 0 aliphatic heterocycles. The Morgan fingerprint density at radius 3 is 2.60 bits per heavy atom. The highest BCUT2D eigenvalue weighted by molar-refractivity contribution is 7.19. The highest BCUT2D eigenvalue weighted by atomic mass is 32.1. The lowest BCUT2D eigenvalue weighted by molar-refractivity contribution is -0.104. The minimum atomic E-state index is 0.0830. The Balaban J connectivity index is 1.99. The summed E-state index contributed by atoms with van der Waals surface area (Å²) < 4.78 is 1.99. The number of hydrogen-bond donors (Lipinski definition) is 0. The minimum absolute atomic E-state index is 0.0830. The molecule has 0 spiro atoms. The number of fused-ring (bicyclic) bond motifs is 1. The van der Waals surface area contributed by atoms with Crippen molar-refractivity contribution in [2.45, 2.75) is 58.9 Å². The van der Waals surface area contributed by atoms with Crippen molar-refractivity contribution in [3.05, 3.63) is 27.5 Å². The molecule has 25 heavy (non-hydrogen) atoms. The monoisotopic (exact) mass is 359 g/mol. The van der Waals surface area contributed by atoms with Crippen LogP contribution in [0.15, 0.2) is 5.57 Å². The molecule has 134 valence electrons. The Kier molecular flexibility index (Phi) is 5.08. The smallest absolute Gasteiger partial charge is 0.265 e. The Bertz CT molecular complexity index is 841. The van der Waals surface area contributed by atoms with E-state index in [-0.39, 0.29) is 5.91 Å². The van der Waals surface area contributed by atoms with E-state index in [2.05, 4.69) is 4.98 Å². The van der Waals surface area contributed by atoms with E-state index >= 15 is 0 Å². The van der Waals surface area contributed by atoms with Crippen LogP contribution in [-0.4, -0.2) is 39.6 Å². The number of thiazole rings is 1. The number of allylic oxidation sites excluding steroid dienone is 1. The van der Waals surface area contributed by atoms with Crippen LogP contribution in [0.2, 0.25) is 0 Å². The largest absolute Gasteiger partial charge is 0.338 e. The van der Waals surface area contributed by atoms with Crippen molar-refractivity contribution in [2.75, 3.05) is 7.05 Å². The third-order valence-corrected chi connectivity index (χ3v) is 6.24. The molecular formula is C19H25N3O2S. The quantitative estimate of drug-likeness (QED) is 0.612. The van der Waals surface area contributed by atoms with E-state index in [0.29, 0.717) is 11.6 Å². The van der Waals surface area contributed by atoms with Crippen LogP contribution >= 0.6 is 11.3 Å². The predicted molar refractivity (Wildman–Crippen MR) is 101 cm³/mol. The molecular weight excluding hydrogens is 334 g/mol. The molecule has 2 aromatic heterocycles. The van der Waals surface area contributed by atoms with E-state index in [1.54, 1.807) is 6.92 Å². The second-order valence-corrected chi connectivity index (χ2v) is 7.91. The zero-order valence-electron chi connectivity index (χ0n) is 15.3. The van der Waals surface area contributed by atoms with Crippen molar-refractivity contribution in [3.63, 3.8) is 0 Å². The molecule has 0 saturated heterocycles. The molecule has 3 rings (SSSR count). The van der Waals surface area contributed by atoms with Gasteiger partial charge in [0.25, 0.3) is 5.91 Å². The average Bonchev–Trinajstić information content (AvgIpc) is 3.10. The standard InChI is InChI=1S/C19H25N3O2S/c1-12(11-23)10-16-13(2)20-19-22(16)14(3)17(25-19)18(24)21(4)15-8-6-5-7-9-15/h10-11,15H,5-9H2,1-4H3/b12-10+. The number of amides is 1. The van der Waals surface area contributed by atoms with Crippen molar-refractivity contribution in [1.29, 1.82) is 0 Å². The molecule has 1 aliphatic rings. The lowest BCUT2D eigenvalue weighted by Crippen LogP contribution is -2.38. The van der Waals surface area contributed by atoms with Gasteiger partial charge < -0.3 is 4.90 Å². The minimum Gasteiger partial charge on any atom is -0.338 e. The van der Waals surface area contributed by atoms with Gasteiger partial charge in [-0.15, -0.1) is 0 Å². The van der Waals surface area contributed by atoms with Crippen molar-refractivity contribution in [2.24, 2.45) is 0 Å². The van der Waals surface area contributed by atoms with Crippen LogP contribution in [0.4, 0.5) is 0 Å². The summed E-state index contributed by atoms with van der Waals surface area (Å²) in [5.74, 6) is 0.0830. The van der Waals surface area contributed by atoms with Crippen molar-refractivity contribution in [3.8, 4) is 0 Å². The third-order valence-electron chi connectivity index (χ3n) is 5.11. The van der Waals surface area contributed by atoms with Crippen molar-refractivity contribution in [1.82, 2.24) is 14.3 Å². The first kappa shape index (κ1) is 17.9. The number of carbonyl (C=O) groups excluding carboxylic acids is 2. The molecule has 0 aromatic carbocycles. The van der Waals surface area contributed by atoms with E-state index in [4.69, 9.17) is 0 Å². The van der Waals surface area contributed by atoms with Crippen molar-refractivity contribution >= 4 is 34.6 Å². The topological polar surface area (TPSA) is 54.7 Å². The first-order valence-electron chi connectivity index (χ1n) is 8.83. The summed E-state index contributed by atoms with van der Waals surface area (Å²) in [5, 5.41) is 0. The summed E-state index contributed by atoms with van der Waals surface area (Å²) >= 11 is 1.44. The van der Waals surface area contributed by atoms with Gasteiger partial charge in [0.15, 0.2) is 4.96 Å². The lowest BCUT2D eigenvalue weighted by atomic mass is 9.94. The van der Waals surface area contributed by atoms with Crippen LogP contribution in [0.25, 0.3) is 11.0 Å². The Labute approximate surface area is 152 Å². The molecule has 0 atom stereocenters. The van der Waals surface area contributed by atoms with Crippen LogP contribution in [0.1, 0.15) is 65.8 Å². The first-order valence-corrected chi connectivity index (χ1v) is 9.64. The molecule has 5 nitrogen and oxygen atoms in total. The number of aldehydes is 1. The van der Waals surface area contributed by atoms with Crippen LogP contribution in [-0.2, 0) is 4.79 Å². The number of aromatic nitrogens is 2. The van der Waals surface area contributed by atoms with E-state index in [0.717, 1.165) is 46.0 Å². The Morgan fingerprint density at radius 2 is 1.96 bits per heavy atom. The molecule has 2 aromatic rings. The SMILES string of the molecule is C/C(C=O)=C\c1c(C)nc2sc(C(=O)N(C)C3CCCCC3)c(C)n12. The Hall–Kier alpha value is -1.95. The molecule has 0 unspecified atom stereocenters. The highest BCUT2D eigenvalue weighted by Gasteiger charge is 2.27. The van der Waals surface area contributed by atoms with Gasteiger partial charge >= 0.3 is 0 Å². The molecule has 0 radical (unpaired) electrons. The van der Waals surface area contributed by atoms with Gasteiger partial charge in [0.2, 0.25) is 0 Å². The van der Waals surface area contributed by atoms with Gasteiger partial charge in [0.1, 0.15) is 11.2 Å². The van der Waals surface area contributed by atoms with Crippen molar-refractivity contribution < 1.29 is 9.59 Å². The fourth-order valence-corrected chi connectivity index (χ4v) is 4.75. The normalized spacial score (nSPS) is 16.4. The van der Waals surface area contributed by atoms with Gasteiger partial charge in [0.05, 0.1) is 11.4 Å². The number of hydrogen-bond acceptors (Lipinski definition) is 4. The number of aryl methyl sites for hydroxylation is 2. The average molecular weight is 359 g/mol. The van der Waals surface area contributed by atoms with E-state index in [1.165, 1.54) is 30.6 Å². The van der Waals surface area contributed by atoms with Crippen LogP contribution < -0.4 is 0 Å². The maximum atomic E-state index is 13.0. The summed E-state index contributed by atoms with van der Waals surface area (Å²) in [5.41, 5.74) is 3.30. The molecule has 1 aliphatic carbocycles. The lowest BCUT2D eigenvalue weighted by Gasteiger charge is -2.31. The van der Waals surface area contributed by atoms with E-state index in [1.807, 2.05) is 36.3 Å². The number of nitrogens with zero attached hydrogens (tertiary/aromatic N) is 3. The molecule has 0 N–H and O–H groups in total. The van der Waals surface area contributed by atoms with Crippen LogP contribution in [0, 0.1) is 13.8 Å². The summed E-state index contributed by atoms with van der Waals surface area (Å²) in [6.45, 7) is 5.66. The molecule has 6 heteroatoms. The second-order valence-electron chi connectivity index (χ2n) is 6.93. The summed E-state index contributed by atoms with van der Waals surface area (Å²) in [6.07, 6.45) is 8.53. The Morgan fingerprint density at radius 1 is 1.28 bits per heavy atom. The fraction of sp³-hybridized carbons (Fsp3) is 0.526. The first-order chi connectivity index (χ1) is 11.9. The molecule has 2 heterocycles. The second kappa shape index (κ2) is 7.12. The van der Waals surface area contributed by atoms with E-state index in [9.17, 15) is 9.59 Å². The number of carbonyl (C=O) groups is 2. The maximum Gasteiger partial charge on any atom is 0.265 e. The van der Waals surface area contributed by atoms with Crippen LogP contribution in [0.3, 0.4) is 0 Å². The van der Waals surface area contributed by atoms with Crippen LogP contribution in [0.5, 0.6) is 0 Å². The number of imidazole rings is 1. The fourth-order valence-electron chi connectivity index (χ4n) is 3.59. The van der Waals surface area contributed by atoms with Gasteiger partial charge in [-0.25, -0.2) is 4.98 Å². The molecule has 1 amide bonds. The summed E-state index contributed by atoms with van der Waals surface area (Å²) in [6, 6.07) is 0.341. The third kappa shape index (κ3) is 3.27. The molecule has 1 saturated carbocycles. The molecule has 1 fully saturated rings. The van der Waals surface area contributed by atoms with E-state index < -0.39 is 0 Å².